The number of nitrogens with two attached hydrogens (primary N) is 1. The van der Waals surface area contributed by atoms with E-state index < -0.39 is 16.6 Å². The first kappa shape index (κ1) is 36.6. The van der Waals surface area contributed by atoms with Crippen molar-refractivity contribution in [3.05, 3.63) is 95.3 Å². The smallest absolute Gasteiger partial charge is 0.250 e. The van der Waals surface area contributed by atoms with Gasteiger partial charge in [0.1, 0.15) is 11.6 Å². The van der Waals surface area contributed by atoms with Crippen LogP contribution in [-0.2, 0) is 9.22 Å². The second kappa shape index (κ2) is 14.1. The number of anilines is 1. The predicted octanol–water partition coefficient (Wildman–Crippen LogP) is 9.77. The average Bonchev–Trinajstić information content (AvgIpc) is 2.98. The molecular formula is C39H53FN2O3Si2. The highest BCUT2D eigenvalue weighted by Gasteiger charge is 2.49. The molecule has 0 saturated carbocycles. The highest BCUT2D eigenvalue weighted by Crippen LogP contribution is 2.48. The fourth-order valence-corrected chi connectivity index (χ4v) is 7.72. The van der Waals surface area contributed by atoms with Crippen molar-refractivity contribution in [1.82, 2.24) is 0 Å². The highest BCUT2D eigenvalue weighted by molar-refractivity contribution is 6.75. The molecule has 8 heteroatoms. The molecule has 0 aliphatic carbocycles. The van der Waals surface area contributed by atoms with Crippen LogP contribution >= 0.6 is 0 Å². The normalized spacial score (nSPS) is 17.9. The van der Waals surface area contributed by atoms with Gasteiger partial charge in [0.2, 0.25) is 14.2 Å². The Morgan fingerprint density at radius 1 is 0.851 bits per heavy atom. The summed E-state index contributed by atoms with van der Waals surface area (Å²) >= 11 is 0. The van der Waals surface area contributed by atoms with E-state index in [1.54, 1.807) is 0 Å². The first-order chi connectivity index (χ1) is 21.8. The summed E-state index contributed by atoms with van der Waals surface area (Å²) in [5, 5.41) is 0.0913. The molecule has 3 aromatic rings. The molecule has 1 aliphatic heterocycles. The standard InChI is InChI=1S/C39H53FN2O3Si2/c1-38(2,3)46(7,8)44-33-23-17-30(18-24-33)36-34(37(43)42(36)32-21-13-28(14-22-32)12-11-27-41)25-26-35(29-15-19-31(40)20-16-29)45-47(9,10)39(4,5)6/h13-24,34-36H,25-27,41H2,1-10H3/t34-,35+,36-/m1/s1. The van der Waals surface area contributed by atoms with E-state index in [-0.39, 0.29) is 39.9 Å². The number of benzene rings is 3. The van der Waals surface area contributed by atoms with Gasteiger partial charge in [0.15, 0.2) is 8.32 Å². The van der Waals surface area contributed by atoms with Crippen LogP contribution in [-0.4, -0.2) is 29.1 Å². The summed E-state index contributed by atoms with van der Waals surface area (Å²) in [5.74, 6) is 6.39. The Bertz CT molecular complexity index is 1580. The van der Waals surface area contributed by atoms with E-state index in [4.69, 9.17) is 14.6 Å². The van der Waals surface area contributed by atoms with Gasteiger partial charge in [0.25, 0.3) is 0 Å². The molecule has 0 unspecified atom stereocenters. The number of carbonyl (C=O) groups excluding carboxylic acids is 1. The zero-order valence-corrected chi connectivity index (χ0v) is 31.9. The van der Waals surface area contributed by atoms with Gasteiger partial charge in [0.05, 0.1) is 24.6 Å². The lowest BCUT2D eigenvalue weighted by Crippen LogP contribution is -2.55. The zero-order chi connectivity index (χ0) is 34.8. The Hall–Kier alpha value is -3.23. The Labute approximate surface area is 284 Å². The van der Waals surface area contributed by atoms with Crippen molar-refractivity contribution in [1.29, 1.82) is 0 Å². The number of hydrogen-bond acceptors (Lipinski definition) is 4. The van der Waals surface area contributed by atoms with Gasteiger partial charge >= 0.3 is 0 Å². The van der Waals surface area contributed by atoms with Crippen LogP contribution in [0.3, 0.4) is 0 Å². The monoisotopic (exact) mass is 672 g/mol. The fourth-order valence-electron chi connectivity index (χ4n) is 5.37. The van der Waals surface area contributed by atoms with Gasteiger partial charge in [-0.15, -0.1) is 0 Å². The molecule has 1 heterocycles. The van der Waals surface area contributed by atoms with Crippen LogP contribution < -0.4 is 15.1 Å². The largest absolute Gasteiger partial charge is 0.544 e. The molecule has 47 heavy (non-hydrogen) atoms. The van der Waals surface area contributed by atoms with Gasteiger partial charge in [0, 0.05) is 11.3 Å². The van der Waals surface area contributed by atoms with Crippen molar-refractivity contribution in [3.8, 4) is 17.6 Å². The van der Waals surface area contributed by atoms with E-state index in [1.807, 2.05) is 53.4 Å². The minimum atomic E-state index is -2.17. The third-order valence-corrected chi connectivity index (χ3v) is 19.2. The molecule has 1 aliphatic rings. The number of hydrogen-bond donors (Lipinski definition) is 1. The maximum Gasteiger partial charge on any atom is 0.250 e. The lowest BCUT2D eigenvalue weighted by atomic mass is 9.78. The summed E-state index contributed by atoms with van der Waals surface area (Å²) < 4.78 is 27.4. The Balaban J connectivity index is 1.65. The summed E-state index contributed by atoms with van der Waals surface area (Å²) in [6.45, 7) is 22.6. The van der Waals surface area contributed by atoms with E-state index >= 15 is 0 Å². The van der Waals surface area contributed by atoms with Crippen LogP contribution in [0.5, 0.6) is 5.75 Å². The van der Waals surface area contributed by atoms with Crippen molar-refractivity contribution < 1.29 is 18.0 Å². The van der Waals surface area contributed by atoms with Crippen LogP contribution in [0, 0.1) is 23.6 Å². The van der Waals surface area contributed by atoms with Crippen LogP contribution in [0.4, 0.5) is 10.1 Å². The molecule has 1 amide bonds. The van der Waals surface area contributed by atoms with Crippen molar-refractivity contribution in [2.24, 2.45) is 11.7 Å². The molecule has 1 saturated heterocycles. The van der Waals surface area contributed by atoms with Crippen molar-refractivity contribution in [2.45, 2.75) is 103 Å². The predicted molar refractivity (Wildman–Crippen MR) is 197 cm³/mol. The first-order valence-corrected chi connectivity index (χ1v) is 22.5. The van der Waals surface area contributed by atoms with Crippen LogP contribution in [0.1, 0.15) is 83.2 Å². The third kappa shape index (κ3) is 8.44. The van der Waals surface area contributed by atoms with E-state index in [0.29, 0.717) is 19.4 Å². The Kier molecular flexibility index (Phi) is 11.0. The minimum Gasteiger partial charge on any atom is -0.544 e. The van der Waals surface area contributed by atoms with Crippen LogP contribution in [0.2, 0.25) is 36.3 Å². The van der Waals surface area contributed by atoms with E-state index in [0.717, 1.165) is 28.1 Å². The summed E-state index contributed by atoms with van der Waals surface area (Å²) in [6.07, 6.45) is 1.05. The summed E-state index contributed by atoms with van der Waals surface area (Å²) in [6, 6.07) is 22.5. The van der Waals surface area contributed by atoms with Gasteiger partial charge in [-0.3, -0.25) is 4.79 Å². The molecular weight excluding hydrogens is 620 g/mol. The minimum absolute atomic E-state index is 0.00578. The molecule has 0 bridgehead atoms. The van der Waals surface area contributed by atoms with Crippen LogP contribution in [0.15, 0.2) is 72.8 Å². The first-order valence-electron chi connectivity index (χ1n) is 16.7. The molecule has 2 N–H and O–H groups in total. The topological polar surface area (TPSA) is 64.8 Å². The molecule has 1 fully saturated rings. The zero-order valence-electron chi connectivity index (χ0n) is 29.9. The summed E-state index contributed by atoms with van der Waals surface area (Å²) in [4.78, 5) is 15.9. The molecule has 0 radical (unpaired) electrons. The highest BCUT2D eigenvalue weighted by atomic mass is 28.4. The number of β-lactam (4-membered cyclic amide) rings is 1. The second-order valence-corrected chi connectivity index (χ2v) is 25.2. The van der Waals surface area contributed by atoms with E-state index in [1.165, 1.54) is 12.1 Å². The second-order valence-electron chi connectivity index (χ2n) is 15.7. The van der Waals surface area contributed by atoms with E-state index in [9.17, 15) is 9.18 Å². The van der Waals surface area contributed by atoms with Crippen molar-refractivity contribution in [2.75, 3.05) is 11.4 Å². The molecule has 5 nitrogen and oxygen atoms in total. The lowest BCUT2D eigenvalue weighted by molar-refractivity contribution is -0.131. The Morgan fingerprint density at radius 2 is 1.43 bits per heavy atom. The molecule has 252 valence electrons. The van der Waals surface area contributed by atoms with E-state index in [2.05, 4.69) is 91.7 Å². The van der Waals surface area contributed by atoms with Gasteiger partial charge in [-0.1, -0.05) is 77.6 Å². The number of carbonyl (C=O) groups is 1. The fraction of sp³-hybridized carbons (Fsp3) is 0.462. The molecule has 3 atom stereocenters. The molecule has 4 rings (SSSR count). The number of amides is 1. The average molecular weight is 673 g/mol. The van der Waals surface area contributed by atoms with Gasteiger partial charge in [-0.25, -0.2) is 4.39 Å². The number of nitrogens with zero attached hydrogens (tertiary/aromatic N) is 1. The van der Waals surface area contributed by atoms with Gasteiger partial charge < -0.3 is 19.5 Å². The SMILES string of the molecule is CC(C)(C)[Si](C)(C)Oc1ccc([C@@H]2[C@@H](CC[C@H](O[Si](C)(C)C(C)(C)C)c3ccc(F)cc3)C(=O)N2c2ccc(C#CCN)cc2)cc1. The van der Waals surface area contributed by atoms with Gasteiger partial charge in [-0.05, 0) is 109 Å². The summed E-state index contributed by atoms with van der Waals surface area (Å²) in [7, 11) is -4.17. The van der Waals surface area contributed by atoms with Crippen LogP contribution in [0.25, 0.3) is 0 Å². The quantitative estimate of drug-likeness (QED) is 0.132. The molecule has 0 aromatic heterocycles. The molecule has 3 aromatic carbocycles. The summed E-state index contributed by atoms with van der Waals surface area (Å²) in [5.41, 5.74) is 9.26. The maximum atomic E-state index is 14.0. The Morgan fingerprint density at radius 3 is 1.96 bits per heavy atom. The number of halogens is 1. The molecule has 0 spiro atoms. The van der Waals surface area contributed by atoms with Crippen molar-refractivity contribution in [3.63, 3.8) is 0 Å². The van der Waals surface area contributed by atoms with Crippen molar-refractivity contribution >= 4 is 28.2 Å². The number of rotatable bonds is 10. The third-order valence-electron chi connectivity index (χ3n) is 10.3. The maximum absolute atomic E-state index is 14.0. The van der Waals surface area contributed by atoms with Gasteiger partial charge in [-0.2, -0.15) is 0 Å². The lowest BCUT2D eigenvalue weighted by Gasteiger charge is -2.48.